The number of benzene rings is 1. The SMILES string of the molecule is Cc1ccc2c(Nc3ccc4c(c3)OCCO4)c(C(=O)N3CCCC(C)C3)cnc2n1.Cl. The highest BCUT2D eigenvalue weighted by atomic mass is 35.5. The number of anilines is 2. The van der Waals surface area contributed by atoms with E-state index >= 15 is 0 Å². The van der Waals surface area contributed by atoms with Crippen molar-refractivity contribution in [3.05, 3.63) is 47.8 Å². The van der Waals surface area contributed by atoms with Crippen LogP contribution in [0, 0.1) is 12.8 Å². The Hall–Kier alpha value is -3.06. The molecule has 1 unspecified atom stereocenters. The van der Waals surface area contributed by atoms with Crippen LogP contribution in [0.2, 0.25) is 0 Å². The van der Waals surface area contributed by atoms with Crippen molar-refractivity contribution < 1.29 is 14.3 Å². The lowest BCUT2D eigenvalue weighted by atomic mass is 9.99. The summed E-state index contributed by atoms with van der Waals surface area (Å²) in [7, 11) is 0. The van der Waals surface area contributed by atoms with Gasteiger partial charge in [0.05, 0.1) is 11.3 Å². The normalized spacial score (nSPS) is 17.6. The second-order valence-corrected chi connectivity index (χ2v) is 8.35. The Labute approximate surface area is 193 Å². The van der Waals surface area contributed by atoms with Gasteiger partial charge in [-0.3, -0.25) is 4.79 Å². The Balaban J connectivity index is 0.00000245. The van der Waals surface area contributed by atoms with Crippen LogP contribution < -0.4 is 14.8 Å². The summed E-state index contributed by atoms with van der Waals surface area (Å²) in [6.45, 7) is 6.74. The lowest BCUT2D eigenvalue weighted by molar-refractivity contribution is 0.0684. The maximum atomic E-state index is 13.5. The van der Waals surface area contributed by atoms with E-state index in [0.717, 1.165) is 54.1 Å². The fourth-order valence-corrected chi connectivity index (χ4v) is 4.28. The van der Waals surface area contributed by atoms with Crippen molar-refractivity contribution in [1.82, 2.24) is 14.9 Å². The summed E-state index contributed by atoms with van der Waals surface area (Å²) in [5.74, 6) is 1.93. The molecule has 7 nitrogen and oxygen atoms in total. The molecule has 3 aromatic rings. The predicted octanol–water partition coefficient (Wildman–Crippen LogP) is 4.75. The third kappa shape index (κ3) is 4.30. The summed E-state index contributed by atoms with van der Waals surface area (Å²) in [5, 5.41) is 4.27. The lowest BCUT2D eigenvalue weighted by Crippen LogP contribution is -2.39. The van der Waals surface area contributed by atoms with Crippen molar-refractivity contribution in [3.63, 3.8) is 0 Å². The monoisotopic (exact) mass is 454 g/mol. The summed E-state index contributed by atoms with van der Waals surface area (Å²) in [6.07, 6.45) is 3.83. The van der Waals surface area contributed by atoms with Gasteiger partial charge < -0.3 is 19.7 Å². The van der Waals surface area contributed by atoms with Crippen molar-refractivity contribution in [2.75, 3.05) is 31.6 Å². The number of carbonyl (C=O) groups is 1. The Morgan fingerprint density at radius 1 is 1.16 bits per heavy atom. The van der Waals surface area contributed by atoms with Crippen LogP contribution >= 0.6 is 12.4 Å². The molecular weight excluding hydrogens is 428 g/mol. The molecule has 1 atom stereocenters. The number of pyridine rings is 2. The molecule has 1 amide bonds. The number of aromatic nitrogens is 2. The number of likely N-dealkylation sites (tertiary alicyclic amines) is 1. The van der Waals surface area contributed by atoms with Crippen LogP contribution in [0.1, 0.15) is 35.8 Å². The number of carbonyl (C=O) groups excluding carboxylic acids is 1. The molecule has 2 aromatic heterocycles. The summed E-state index contributed by atoms with van der Waals surface area (Å²) in [5.41, 5.74) is 3.59. The van der Waals surface area contributed by atoms with Crippen molar-refractivity contribution in [1.29, 1.82) is 0 Å². The molecule has 0 spiro atoms. The first-order chi connectivity index (χ1) is 15.1. The zero-order valence-electron chi connectivity index (χ0n) is 18.3. The van der Waals surface area contributed by atoms with Crippen LogP contribution in [0.3, 0.4) is 0 Å². The van der Waals surface area contributed by atoms with Crippen LogP contribution in [0.5, 0.6) is 11.5 Å². The molecule has 168 valence electrons. The van der Waals surface area contributed by atoms with E-state index < -0.39 is 0 Å². The smallest absolute Gasteiger partial charge is 0.257 e. The number of rotatable bonds is 3. The molecule has 1 fully saturated rings. The largest absolute Gasteiger partial charge is 0.486 e. The predicted molar refractivity (Wildman–Crippen MR) is 127 cm³/mol. The quantitative estimate of drug-likeness (QED) is 0.615. The van der Waals surface area contributed by atoms with Crippen molar-refractivity contribution in [2.24, 2.45) is 5.92 Å². The lowest BCUT2D eigenvalue weighted by Gasteiger charge is -2.31. The summed E-state index contributed by atoms with van der Waals surface area (Å²) in [4.78, 5) is 24.5. The van der Waals surface area contributed by atoms with Gasteiger partial charge in [0.2, 0.25) is 0 Å². The maximum absolute atomic E-state index is 13.5. The van der Waals surface area contributed by atoms with E-state index in [1.165, 1.54) is 0 Å². The molecule has 0 bridgehead atoms. The minimum atomic E-state index is 0. The number of aryl methyl sites for hydroxylation is 1. The van der Waals surface area contributed by atoms with Gasteiger partial charge in [0.25, 0.3) is 5.91 Å². The molecule has 0 aliphatic carbocycles. The van der Waals surface area contributed by atoms with Gasteiger partial charge in [-0.2, -0.15) is 0 Å². The molecule has 1 aromatic carbocycles. The zero-order valence-corrected chi connectivity index (χ0v) is 19.1. The summed E-state index contributed by atoms with van der Waals surface area (Å²) in [6, 6.07) is 9.63. The van der Waals surface area contributed by atoms with Crippen LogP contribution in [-0.2, 0) is 0 Å². The van der Waals surface area contributed by atoms with E-state index in [2.05, 4.69) is 22.2 Å². The van der Waals surface area contributed by atoms with Gasteiger partial charge in [0.15, 0.2) is 17.1 Å². The zero-order chi connectivity index (χ0) is 21.4. The molecule has 32 heavy (non-hydrogen) atoms. The number of piperidine rings is 1. The first-order valence-corrected chi connectivity index (χ1v) is 10.8. The molecular formula is C24H27ClN4O3. The van der Waals surface area contributed by atoms with Crippen molar-refractivity contribution in [2.45, 2.75) is 26.7 Å². The fraction of sp³-hybridized carbons (Fsp3) is 0.375. The minimum absolute atomic E-state index is 0. The van der Waals surface area contributed by atoms with E-state index in [1.807, 2.05) is 42.2 Å². The molecule has 2 aliphatic heterocycles. The van der Waals surface area contributed by atoms with Gasteiger partial charge in [0, 0.05) is 42.1 Å². The highest BCUT2D eigenvalue weighted by molar-refractivity contribution is 6.07. The molecule has 0 radical (unpaired) electrons. The highest BCUT2D eigenvalue weighted by Gasteiger charge is 2.26. The van der Waals surface area contributed by atoms with E-state index in [4.69, 9.17) is 9.47 Å². The standard InChI is InChI=1S/C24H26N4O3.ClH/c1-15-4-3-9-28(14-15)24(29)19-13-25-23-18(7-5-16(2)26-23)22(19)27-17-6-8-20-21(12-17)31-11-10-30-20;/h5-8,12-13,15H,3-4,9-11,14H2,1-2H3,(H,25,26,27);1H. The van der Waals surface area contributed by atoms with E-state index in [9.17, 15) is 4.79 Å². The van der Waals surface area contributed by atoms with Crippen LogP contribution in [0.4, 0.5) is 11.4 Å². The maximum Gasteiger partial charge on any atom is 0.257 e. The van der Waals surface area contributed by atoms with Crippen LogP contribution in [0.15, 0.2) is 36.5 Å². The van der Waals surface area contributed by atoms with Crippen molar-refractivity contribution >= 4 is 40.7 Å². The minimum Gasteiger partial charge on any atom is -0.486 e. The van der Waals surface area contributed by atoms with E-state index in [-0.39, 0.29) is 18.3 Å². The van der Waals surface area contributed by atoms with Crippen molar-refractivity contribution in [3.8, 4) is 11.5 Å². The molecule has 1 saturated heterocycles. The number of amides is 1. The Bertz CT molecular complexity index is 1150. The number of ether oxygens (including phenoxy) is 2. The summed E-state index contributed by atoms with van der Waals surface area (Å²) >= 11 is 0. The van der Waals surface area contributed by atoms with E-state index in [0.29, 0.717) is 36.1 Å². The third-order valence-electron chi connectivity index (χ3n) is 5.86. The van der Waals surface area contributed by atoms with E-state index in [1.54, 1.807) is 6.20 Å². The van der Waals surface area contributed by atoms with Gasteiger partial charge in [-0.25, -0.2) is 9.97 Å². The number of nitrogens with one attached hydrogen (secondary N) is 1. The van der Waals surface area contributed by atoms with Crippen LogP contribution in [-0.4, -0.2) is 47.1 Å². The third-order valence-corrected chi connectivity index (χ3v) is 5.86. The van der Waals surface area contributed by atoms with Gasteiger partial charge in [-0.15, -0.1) is 12.4 Å². The van der Waals surface area contributed by atoms with Crippen LogP contribution in [0.25, 0.3) is 11.0 Å². The average molecular weight is 455 g/mol. The number of hydrogen-bond donors (Lipinski definition) is 1. The van der Waals surface area contributed by atoms with Gasteiger partial charge >= 0.3 is 0 Å². The Morgan fingerprint density at radius 3 is 2.78 bits per heavy atom. The molecule has 0 saturated carbocycles. The summed E-state index contributed by atoms with van der Waals surface area (Å²) < 4.78 is 11.4. The molecule has 2 aliphatic rings. The number of fused-ring (bicyclic) bond motifs is 2. The Morgan fingerprint density at radius 2 is 1.97 bits per heavy atom. The fourth-order valence-electron chi connectivity index (χ4n) is 4.28. The first-order valence-electron chi connectivity index (χ1n) is 10.8. The number of nitrogens with zero attached hydrogens (tertiary/aromatic N) is 3. The second-order valence-electron chi connectivity index (χ2n) is 8.35. The number of halogens is 1. The highest BCUT2D eigenvalue weighted by Crippen LogP contribution is 2.36. The number of hydrogen-bond acceptors (Lipinski definition) is 6. The topological polar surface area (TPSA) is 76.6 Å². The van der Waals surface area contributed by atoms with Gasteiger partial charge in [0.1, 0.15) is 13.2 Å². The molecule has 1 N–H and O–H groups in total. The average Bonchev–Trinajstić information content (AvgIpc) is 2.78. The molecule has 5 rings (SSSR count). The van der Waals surface area contributed by atoms with Gasteiger partial charge in [-0.1, -0.05) is 6.92 Å². The first kappa shape index (κ1) is 22.1. The Kier molecular flexibility index (Phi) is 6.37. The second kappa shape index (κ2) is 9.20. The molecule has 4 heterocycles. The molecule has 8 heteroatoms. The van der Waals surface area contributed by atoms with Gasteiger partial charge in [-0.05, 0) is 49.9 Å².